The molecule has 0 bridgehead atoms. The van der Waals surface area contributed by atoms with Crippen LogP contribution in [-0.4, -0.2) is 24.1 Å². The van der Waals surface area contributed by atoms with E-state index in [1.165, 1.54) is 38.5 Å². The van der Waals surface area contributed by atoms with Crippen molar-refractivity contribution in [3.8, 4) is 0 Å². The summed E-state index contributed by atoms with van der Waals surface area (Å²) >= 11 is 0. The summed E-state index contributed by atoms with van der Waals surface area (Å²) in [6.45, 7) is 26.7. The fraction of sp³-hybridized carbons (Fsp3) is 0.939. The number of hydrogen-bond donors (Lipinski definition) is 0. The van der Waals surface area contributed by atoms with E-state index in [1.54, 1.807) is 0 Å². The van der Waals surface area contributed by atoms with Crippen LogP contribution < -0.4 is 0 Å². The summed E-state index contributed by atoms with van der Waals surface area (Å²) in [5, 5.41) is 0. The summed E-state index contributed by atoms with van der Waals surface area (Å²) in [7, 11) is 0. The van der Waals surface area contributed by atoms with Crippen molar-refractivity contribution in [2.24, 2.45) is 34.5 Å². The van der Waals surface area contributed by atoms with Gasteiger partial charge >= 0.3 is 11.9 Å². The Morgan fingerprint density at radius 2 is 0.838 bits per heavy atom. The van der Waals surface area contributed by atoms with Crippen molar-refractivity contribution in [3.05, 3.63) is 0 Å². The van der Waals surface area contributed by atoms with Gasteiger partial charge in [-0.2, -0.15) is 0 Å². The van der Waals surface area contributed by atoms with Gasteiger partial charge in [0.15, 0.2) is 0 Å². The largest absolute Gasteiger partial charge is 0.462 e. The molecule has 0 spiro atoms. The van der Waals surface area contributed by atoms with Crippen molar-refractivity contribution in [2.45, 2.75) is 166 Å². The van der Waals surface area contributed by atoms with E-state index in [4.69, 9.17) is 9.47 Å². The summed E-state index contributed by atoms with van der Waals surface area (Å²) in [5.41, 5.74) is 0.247. The van der Waals surface area contributed by atoms with Crippen LogP contribution in [0.3, 0.4) is 0 Å². The molecule has 0 fully saturated rings. The van der Waals surface area contributed by atoms with Gasteiger partial charge in [0.2, 0.25) is 0 Å². The van der Waals surface area contributed by atoms with Crippen molar-refractivity contribution in [2.75, 3.05) is 0 Å². The van der Waals surface area contributed by atoms with E-state index < -0.39 is 11.9 Å². The maximum absolute atomic E-state index is 12.7. The average Bonchev–Trinajstić information content (AvgIpc) is 2.76. The van der Waals surface area contributed by atoms with Gasteiger partial charge in [0.25, 0.3) is 0 Å². The maximum atomic E-state index is 12.7. The number of esters is 2. The molecular formula is C33H64O4. The molecule has 4 nitrogen and oxygen atoms in total. The Morgan fingerprint density at radius 1 is 0.541 bits per heavy atom. The van der Waals surface area contributed by atoms with Crippen LogP contribution in [0.4, 0.5) is 0 Å². The summed E-state index contributed by atoms with van der Waals surface area (Å²) in [4.78, 5) is 25.4. The van der Waals surface area contributed by atoms with Crippen LogP contribution in [0.2, 0.25) is 0 Å². The second-order valence-corrected chi connectivity index (χ2v) is 13.2. The molecule has 0 N–H and O–H groups in total. The lowest BCUT2D eigenvalue weighted by molar-refractivity contribution is -0.162. The predicted molar refractivity (Wildman–Crippen MR) is 157 cm³/mol. The van der Waals surface area contributed by atoms with Crippen molar-refractivity contribution in [1.82, 2.24) is 0 Å². The lowest BCUT2D eigenvalue weighted by Gasteiger charge is -2.43. The fourth-order valence-corrected chi connectivity index (χ4v) is 6.85. The standard InChI is InChI=1S/C33H64O4/c1-13-15-17-19-32(24(3)4,25(5)6)22-28(11)36-30(34)21-31(35)37-29(12)23-33(26(7)8,27(9)10)20-18-16-14-2/h24-29H,13-23H2,1-12H3. The number of rotatable bonds is 20. The Morgan fingerprint density at radius 3 is 1.08 bits per heavy atom. The van der Waals surface area contributed by atoms with Gasteiger partial charge in [0.05, 0.1) is 12.2 Å². The maximum Gasteiger partial charge on any atom is 0.317 e. The topological polar surface area (TPSA) is 52.6 Å². The van der Waals surface area contributed by atoms with Gasteiger partial charge < -0.3 is 9.47 Å². The molecule has 0 aromatic rings. The minimum absolute atomic E-state index is 0.124. The van der Waals surface area contributed by atoms with Gasteiger partial charge in [-0.25, -0.2) is 0 Å². The molecule has 220 valence electrons. The van der Waals surface area contributed by atoms with Crippen LogP contribution in [0, 0.1) is 34.5 Å². The molecule has 0 radical (unpaired) electrons. The first kappa shape index (κ1) is 35.9. The van der Waals surface area contributed by atoms with Gasteiger partial charge in [-0.1, -0.05) is 108 Å². The summed E-state index contributed by atoms with van der Waals surface area (Å²) in [6.07, 6.45) is 10.4. The molecule has 0 rings (SSSR count). The molecule has 0 saturated heterocycles. The molecule has 4 heteroatoms. The van der Waals surface area contributed by atoms with E-state index >= 15 is 0 Å². The van der Waals surface area contributed by atoms with E-state index in [2.05, 4.69) is 69.2 Å². The number of carbonyl (C=O) groups is 2. The molecular weight excluding hydrogens is 460 g/mol. The molecule has 2 unspecified atom stereocenters. The first-order valence-corrected chi connectivity index (χ1v) is 15.6. The molecule has 0 aromatic carbocycles. The molecule has 0 heterocycles. The van der Waals surface area contributed by atoms with Crippen LogP contribution in [0.15, 0.2) is 0 Å². The van der Waals surface area contributed by atoms with E-state index in [0.29, 0.717) is 23.7 Å². The molecule has 0 aliphatic rings. The Balaban J connectivity index is 5.10. The summed E-state index contributed by atoms with van der Waals surface area (Å²) < 4.78 is 11.5. The van der Waals surface area contributed by atoms with Crippen LogP contribution in [0.1, 0.15) is 154 Å². The summed E-state index contributed by atoms with van der Waals surface area (Å²) in [5.74, 6) is 1.04. The van der Waals surface area contributed by atoms with Crippen LogP contribution in [0.5, 0.6) is 0 Å². The van der Waals surface area contributed by atoms with E-state index in [1.807, 2.05) is 13.8 Å². The molecule has 0 aliphatic carbocycles. The molecule has 2 atom stereocenters. The summed E-state index contributed by atoms with van der Waals surface area (Å²) in [6, 6.07) is 0. The monoisotopic (exact) mass is 524 g/mol. The lowest BCUT2D eigenvalue weighted by atomic mass is 9.63. The Labute approximate surface area is 231 Å². The number of hydrogen-bond acceptors (Lipinski definition) is 4. The molecule has 0 amide bonds. The van der Waals surface area contributed by atoms with Gasteiger partial charge in [-0.3, -0.25) is 9.59 Å². The molecule has 0 saturated carbocycles. The van der Waals surface area contributed by atoms with E-state index in [0.717, 1.165) is 25.7 Å². The lowest BCUT2D eigenvalue weighted by Crippen LogP contribution is -2.38. The fourth-order valence-electron chi connectivity index (χ4n) is 6.85. The third kappa shape index (κ3) is 11.7. The van der Waals surface area contributed by atoms with Gasteiger partial charge in [0.1, 0.15) is 6.42 Å². The van der Waals surface area contributed by atoms with Crippen molar-refractivity contribution in [1.29, 1.82) is 0 Å². The predicted octanol–water partition coefficient (Wildman–Crippen LogP) is 9.78. The van der Waals surface area contributed by atoms with Crippen LogP contribution in [-0.2, 0) is 19.1 Å². The van der Waals surface area contributed by atoms with Gasteiger partial charge in [0, 0.05) is 0 Å². The minimum atomic E-state index is -0.471. The Kier molecular flexibility index (Phi) is 17.0. The number of ether oxygens (including phenoxy) is 2. The average molecular weight is 525 g/mol. The molecule has 0 aromatic heterocycles. The van der Waals surface area contributed by atoms with Crippen LogP contribution >= 0.6 is 0 Å². The molecule has 37 heavy (non-hydrogen) atoms. The van der Waals surface area contributed by atoms with Crippen LogP contribution in [0.25, 0.3) is 0 Å². The quantitative estimate of drug-likeness (QED) is 0.0903. The second kappa shape index (κ2) is 17.5. The zero-order chi connectivity index (χ0) is 28.8. The second-order valence-electron chi connectivity index (χ2n) is 13.2. The smallest absolute Gasteiger partial charge is 0.317 e. The highest BCUT2D eigenvalue weighted by Gasteiger charge is 2.40. The highest BCUT2D eigenvalue weighted by Crippen LogP contribution is 2.46. The zero-order valence-electron chi connectivity index (χ0n) is 26.9. The zero-order valence-corrected chi connectivity index (χ0v) is 26.9. The Bertz CT molecular complexity index is 564. The first-order valence-electron chi connectivity index (χ1n) is 15.6. The number of unbranched alkanes of at least 4 members (excludes halogenated alkanes) is 4. The van der Waals surface area contributed by atoms with Gasteiger partial charge in [-0.15, -0.1) is 0 Å². The third-order valence-electron chi connectivity index (χ3n) is 9.38. The number of carbonyl (C=O) groups excluding carboxylic acids is 2. The Hall–Kier alpha value is -1.06. The molecule has 0 aliphatic heterocycles. The minimum Gasteiger partial charge on any atom is -0.462 e. The van der Waals surface area contributed by atoms with Crippen molar-refractivity contribution in [3.63, 3.8) is 0 Å². The van der Waals surface area contributed by atoms with E-state index in [9.17, 15) is 9.59 Å². The third-order valence-corrected chi connectivity index (χ3v) is 9.38. The van der Waals surface area contributed by atoms with Crippen molar-refractivity contribution >= 4 is 11.9 Å². The highest BCUT2D eigenvalue weighted by atomic mass is 16.6. The SMILES string of the molecule is CCCCCC(CC(C)OC(=O)CC(=O)OC(C)CC(CCCCC)(C(C)C)C(C)C)(C(C)C)C(C)C. The van der Waals surface area contributed by atoms with E-state index in [-0.39, 0.29) is 29.5 Å². The first-order chi connectivity index (χ1) is 17.2. The van der Waals surface area contributed by atoms with Crippen molar-refractivity contribution < 1.29 is 19.1 Å². The normalized spacial score (nSPS) is 14.5. The highest BCUT2D eigenvalue weighted by molar-refractivity contribution is 5.91. The van der Waals surface area contributed by atoms with Gasteiger partial charge in [-0.05, 0) is 74.0 Å².